The molecule has 160 valence electrons. The Morgan fingerprint density at radius 1 is 1.07 bits per heavy atom. The number of aliphatic hydroxyl groups is 1. The standard InChI is InChI=1S/C21H21ClF3N3O2/c22-15-2-1-3-17(12-15)27-20(26-16-8-10-18(29)11-9-16)28-19(30)13-4-6-14(7-5-13)21(23,24)25/h1-7,12,16,18,29H,8-11H2,(H2,26,27,28,30). The number of halogens is 4. The average molecular weight is 440 g/mol. The van der Waals surface area contributed by atoms with Crippen molar-refractivity contribution in [2.75, 3.05) is 5.32 Å². The van der Waals surface area contributed by atoms with Gasteiger partial charge < -0.3 is 10.4 Å². The van der Waals surface area contributed by atoms with E-state index in [9.17, 15) is 23.1 Å². The van der Waals surface area contributed by atoms with E-state index in [2.05, 4.69) is 15.6 Å². The summed E-state index contributed by atoms with van der Waals surface area (Å²) >= 11 is 6.00. The van der Waals surface area contributed by atoms with Gasteiger partial charge in [0.25, 0.3) is 5.91 Å². The number of nitrogens with one attached hydrogen (secondary N) is 2. The summed E-state index contributed by atoms with van der Waals surface area (Å²) in [7, 11) is 0. The van der Waals surface area contributed by atoms with Gasteiger partial charge >= 0.3 is 6.18 Å². The summed E-state index contributed by atoms with van der Waals surface area (Å²) in [6.45, 7) is 0. The van der Waals surface area contributed by atoms with Crippen molar-refractivity contribution in [3.05, 3.63) is 64.7 Å². The molecule has 3 rings (SSSR count). The van der Waals surface area contributed by atoms with Crippen LogP contribution in [0, 0.1) is 0 Å². The molecule has 0 aliphatic heterocycles. The number of benzene rings is 2. The average Bonchev–Trinajstić information content (AvgIpc) is 2.69. The van der Waals surface area contributed by atoms with Crippen molar-refractivity contribution in [1.82, 2.24) is 5.32 Å². The van der Waals surface area contributed by atoms with Gasteiger partial charge in [0, 0.05) is 16.3 Å². The first-order chi connectivity index (χ1) is 14.2. The summed E-state index contributed by atoms with van der Waals surface area (Å²) in [4.78, 5) is 17.1. The molecular formula is C21H21ClF3N3O2. The Labute approximate surface area is 177 Å². The van der Waals surface area contributed by atoms with Gasteiger partial charge in [0.05, 0.1) is 17.7 Å². The van der Waals surface area contributed by atoms with Gasteiger partial charge in [-0.3, -0.25) is 10.1 Å². The van der Waals surface area contributed by atoms with Crippen LogP contribution in [0.2, 0.25) is 5.02 Å². The largest absolute Gasteiger partial charge is 0.416 e. The van der Waals surface area contributed by atoms with Crippen LogP contribution in [-0.4, -0.2) is 29.1 Å². The highest BCUT2D eigenvalue weighted by atomic mass is 35.5. The number of guanidine groups is 1. The maximum Gasteiger partial charge on any atom is 0.416 e. The van der Waals surface area contributed by atoms with Crippen LogP contribution >= 0.6 is 11.6 Å². The van der Waals surface area contributed by atoms with Crippen LogP contribution in [0.25, 0.3) is 0 Å². The molecule has 0 radical (unpaired) electrons. The molecular weight excluding hydrogens is 419 g/mol. The fourth-order valence-corrected chi connectivity index (χ4v) is 3.35. The fraction of sp³-hybridized carbons (Fsp3) is 0.333. The van der Waals surface area contributed by atoms with Gasteiger partial charge in [0.1, 0.15) is 0 Å². The molecule has 0 spiro atoms. The first-order valence-corrected chi connectivity index (χ1v) is 9.85. The minimum atomic E-state index is -4.47. The fourth-order valence-electron chi connectivity index (χ4n) is 3.16. The van der Waals surface area contributed by atoms with E-state index in [4.69, 9.17) is 11.6 Å². The van der Waals surface area contributed by atoms with Crippen molar-refractivity contribution < 1.29 is 23.1 Å². The predicted molar refractivity (Wildman–Crippen MR) is 110 cm³/mol. The summed E-state index contributed by atoms with van der Waals surface area (Å²) < 4.78 is 38.2. The molecule has 5 nitrogen and oxygen atoms in total. The third kappa shape index (κ3) is 6.21. The van der Waals surface area contributed by atoms with Crippen molar-refractivity contribution in [1.29, 1.82) is 0 Å². The zero-order valence-electron chi connectivity index (χ0n) is 15.9. The summed E-state index contributed by atoms with van der Waals surface area (Å²) in [5.74, 6) is -0.420. The Hall–Kier alpha value is -2.58. The van der Waals surface area contributed by atoms with E-state index in [0.717, 1.165) is 24.3 Å². The molecule has 0 saturated heterocycles. The first-order valence-electron chi connectivity index (χ1n) is 9.48. The molecule has 1 aliphatic carbocycles. The lowest BCUT2D eigenvalue weighted by Gasteiger charge is -2.23. The quantitative estimate of drug-likeness (QED) is 0.472. The Kier molecular flexibility index (Phi) is 6.99. The molecule has 30 heavy (non-hydrogen) atoms. The highest BCUT2D eigenvalue weighted by Crippen LogP contribution is 2.29. The molecule has 9 heteroatoms. The third-order valence-corrected chi connectivity index (χ3v) is 5.01. The van der Waals surface area contributed by atoms with Crippen molar-refractivity contribution in [3.63, 3.8) is 0 Å². The Balaban J connectivity index is 1.78. The van der Waals surface area contributed by atoms with Crippen molar-refractivity contribution in [2.24, 2.45) is 4.99 Å². The number of hydrogen-bond donors (Lipinski definition) is 3. The second-order valence-corrected chi connectivity index (χ2v) is 7.54. The normalized spacial score (nSPS) is 20.0. The SMILES string of the molecule is O=C(NC(=NC1CCC(O)CC1)Nc1cccc(Cl)c1)c1ccc(C(F)(F)F)cc1. The molecule has 1 aliphatic rings. The van der Waals surface area contributed by atoms with Crippen LogP contribution in [0.5, 0.6) is 0 Å². The van der Waals surface area contributed by atoms with Crippen molar-refractivity contribution >= 4 is 29.2 Å². The molecule has 3 N–H and O–H groups in total. The number of rotatable bonds is 3. The van der Waals surface area contributed by atoms with Crippen molar-refractivity contribution in [3.8, 4) is 0 Å². The molecule has 1 amide bonds. The lowest BCUT2D eigenvalue weighted by Crippen LogP contribution is -2.37. The lowest BCUT2D eigenvalue weighted by atomic mass is 9.94. The van der Waals surface area contributed by atoms with E-state index in [-0.39, 0.29) is 23.7 Å². The van der Waals surface area contributed by atoms with Crippen LogP contribution in [-0.2, 0) is 6.18 Å². The van der Waals surface area contributed by atoms with Gasteiger partial charge in [-0.25, -0.2) is 4.99 Å². The third-order valence-electron chi connectivity index (χ3n) is 4.77. The Morgan fingerprint density at radius 2 is 1.73 bits per heavy atom. The van der Waals surface area contributed by atoms with E-state index >= 15 is 0 Å². The summed E-state index contributed by atoms with van der Waals surface area (Å²) in [5.41, 5.74) is -0.154. The van der Waals surface area contributed by atoms with Crippen LogP contribution in [0.15, 0.2) is 53.5 Å². The Bertz CT molecular complexity index is 908. The highest BCUT2D eigenvalue weighted by molar-refractivity contribution is 6.31. The summed E-state index contributed by atoms with van der Waals surface area (Å²) in [6, 6.07) is 10.7. The lowest BCUT2D eigenvalue weighted by molar-refractivity contribution is -0.137. The molecule has 0 unspecified atom stereocenters. The van der Waals surface area contributed by atoms with Crippen LogP contribution < -0.4 is 10.6 Å². The van der Waals surface area contributed by atoms with Gasteiger partial charge in [0.15, 0.2) is 0 Å². The van der Waals surface area contributed by atoms with Crippen LogP contribution in [0.4, 0.5) is 18.9 Å². The topological polar surface area (TPSA) is 73.7 Å². The minimum absolute atomic E-state index is 0.0719. The Morgan fingerprint density at radius 3 is 2.33 bits per heavy atom. The van der Waals surface area contributed by atoms with Gasteiger partial charge in [-0.1, -0.05) is 17.7 Å². The zero-order chi connectivity index (χ0) is 21.7. The number of aliphatic imine (C=N–C) groups is 1. The number of alkyl halides is 3. The van der Waals surface area contributed by atoms with Crippen LogP contribution in [0.1, 0.15) is 41.6 Å². The molecule has 2 aromatic rings. The molecule has 1 saturated carbocycles. The maximum absolute atomic E-state index is 12.7. The second-order valence-electron chi connectivity index (χ2n) is 7.10. The number of nitrogens with zero attached hydrogens (tertiary/aromatic N) is 1. The molecule has 0 atom stereocenters. The molecule has 2 aromatic carbocycles. The summed E-state index contributed by atoms with van der Waals surface area (Å²) in [6.07, 6.45) is -2.25. The second kappa shape index (κ2) is 9.49. The van der Waals surface area contributed by atoms with Gasteiger partial charge in [-0.2, -0.15) is 13.2 Å². The van der Waals surface area contributed by atoms with Gasteiger partial charge in [-0.05, 0) is 68.1 Å². The summed E-state index contributed by atoms with van der Waals surface area (Å²) in [5, 5.41) is 15.8. The van der Waals surface area contributed by atoms with E-state index < -0.39 is 17.6 Å². The van der Waals surface area contributed by atoms with Gasteiger partial charge in [0.2, 0.25) is 5.96 Å². The molecule has 0 bridgehead atoms. The molecule has 1 fully saturated rings. The van der Waals surface area contributed by atoms with E-state index in [1.807, 2.05) is 0 Å². The number of anilines is 1. The predicted octanol–water partition coefficient (Wildman–Crippen LogP) is 4.86. The van der Waals surface area contributed by atoms with E-state index in [0.29, 0.717) is 36.4 Å². The van der Waals surface area contributed by atoms with E-state index in [1.165, 1.54) is 0 Å². The smallest absolute Gasteiger partial charge is 0.393 e. The minimum Gasteiger partial charge on any atom is -0.393 e. The zero-order valence-corrected chi connectivity index (χ0v) is 16.7. The van der Waals surface area contributed by atoms with E-state index in [1.54, 1.807) is 24.3 Å². The molecule has 0 aromatic heterocycles. The number of hydrogen-bond acceptors (Lipinski definition) is 3. The number of carbonyl (C=O) groups excluding carboxylic acids is 1. The molecule has 0 heterocycles. The monoisotopic (exact) mass is 439 g/mol. The number of amides is 1. The van der Waals surface area contributed by atoms with Crippen LogP contribution in [0.3, 0.4) is 0 Å². The maximum atomic E-state index is 12.7. The first kappa shape index (κ1) is 22.1. The number of aliphatic hydroxyl groups excluding tert-OH is 1. The van der Waals surface area contributed by atoms with Gasteiger partial charge in [-0.15, -0.1) is 0 Å². The number of carbonyl (C=O) groups is 1. The van der Waals surface area contributed by atoms with Crippen molar-refractivity contribution in [2.45, 2.75) is 44.0 Å². The highest BCUT2D eigenvalue weighted by Gasteiger charge is 2.30.